The summed E-state index contributed by atoms with van der Waals surface area (Å²) in [6.45, 7) is 10.4. The van der Waals surface area contributed by atoms with Crippen LogP contribution in [0.5, 0.6) is 5.75 Å². The maximum Gasteiger partial charge on any atom is 0.412 e. The molecule has 1 N–H and O–H groups in total. The summed E-state index contributed by atoms with van der Waals surface area (Å²) < 4.78 is 5.39. The number of amides is 1. The molecule has 174 valence electrons. The highest BCUT2D eigenvalue weighted by atomic mass is 35.5. The first kappa shape index (κ1) is 24.8. The van der Waals surface area contributed by atoms with E-state index in [4.69, 9.17) is 16.3 Å². The fraction of sp³-hybridized carbons (Fsp3) is 0.321. The summed E-state index contributed by atoms with van der Waals surface area (Å²) >= 11 is 5.94. The number of nitrogens with one attached hydrogen (secondary N) is 1. The number of benzene rings is 3. The molecule has 0 radical (unpaired) electrons. The van der Waals surface area contributed by atoms with E-state index in [-0.39, 0.29) is 0 Å². The molecule has 0 aliphatic carbocycles. The molecule has 5 heteroatoms. The van der Waals surface area contributed by atoms with E-state index in [1.54, 1.807) is 12.1 Å². The molecule has 0 fully saturated rings. The Morgan fingerprint density at radius 3 is 1.88 bits per heavy atom. The molecule has 0 spiro atoms. The minimum atomic E-state index is -0.449. The molecule has 0 aromatic heterocycles. The average molecular weight is 465 g/mol. The van der Waals surface area contributed by atoms with Gasteiger partial charge in [0.15, 0.2) is 0 Å². The third kappa shape index (κ3) is 7.62. The Morgan fingerprint density at radius 1 is 0.818 bits per heavy atom. The molecule has 3 rings (SSSR count). The van der Waals surface area contributed by atoms with E-state index < -0.39 is 6.09 Å². The van der Waals surface area contributed by atoms with Crippen LogP contribution in [0.2, 0.25) is 5.02 Å². The molecule has 33 heavy (non-hydrogen) atoms. The molecule has 0 aliphatic heterocycles. The van der Waals surface area contributed by atoms with Gasteiger partial charge in [-0.3, -0.25) is 4.90 Å². The summed E-state index contributed by atoms with van der Waals surface area (Å²) in [5, 5.41) is 3.53. The number of hydrogen-bond acceptors (Lipinski definition) is 3. The molecule has 3 aromatic rings. The number of halogens is 1. The van der Waals surface area contributed by atoms with Gasteiger partial charge in [0.25, 0.3) is 0 Å². The van der Waals surface area contributed by atoms with Crippen LogP contribution in [0, 0.1) is 0 Å². The van der Waals surface area contributed by atoms with Crippen LogP contribution in [0.1, 0.15) is 38.8 Å². The number of hydrogen-bond donors (Lipinski definition) is 1. The minimum Gasteiger partial charge on any atom is -0.410 e. The van der Waals surface area contributed by atoms with Crippen molar-refractivity contribution in [2.24, 2.45) is 0 Å². The summed E-state index contributed by atoms with van der Waals surface area (Å²) in [6.07, 6.45) is 0.304. The van der Waals surface area contributed by atoms with E-state index in [1.165, 1.54) is 11.1 Å². The number of carbonyl (C=O) groups is 1. The molecule has 0 aliphatic rings. The lowest BCUT2D eigenvalue weighted by Crippen LogP contribution is -2.36. The van der Waals surface area contributed by atoms with Crippen molar-refractivity contribution in [3.05, 3.63) is 88.9 Å². The largest absolute Gasteiger partial charge is 0.412 e. The van der Waals surface area contributed by atoms with Crippen LogP contribution in [0.15, 0.2) is 72.8 Å². The van der Waals surface area contributed by atoms with Crippen molar-refractivity contribution in [1.29, 1.82) is 0 Å². The maximum atomic E-state index is 12.1. The lowest BCUT2D eigenvalue weighted by molar-refractivity contribution is 0.166. The maximum absolute atomic E-state index is 12.1. The van der Waals surface area contributed by atoms with Crippen LogP contribution in [0.3, 0.4) is 0 Å². The Labute approximate surface area is 202 Å². The van der Waals surface area contributed by atoms with E-state index in [2.05, 4.69) is 62.2 Å². The van der Waals surface area contributed by atoms with Crippen LogP contribution < -0.4 is 10.1 Å². The highest BCUT2D eigenvalue weighted by molar-refractivity contribution is 6.30. The lowest BCUT2D eigenvalue weighted by Gasteiger charge is -2.30. The van der Waals surface area contributed by atoms with Gasteiger partial charge in [0.2, 0.25) is 0 Å². The molecular weight excluding hydrogens is 432 g/mol. The molecule has 0 saturated heterocycles. The normalized spacial score (nSPS) is 11.3. The predicted molar refractivity (Wildman–Crippen MR) is 137 cm³/mol. The van der Waals surface area contributed by atoms with Gasteiger partial charge < -0.3 is 10.1 Å². The third-order valence-electron chi connectivity index (χ3n) is 5.64. The molecule has 0 bridgehead atoms. The van der Waals surface area contributed by atoms with Crippen molar-refractivity contribution in [3.63, 3.8) is 0 Å². The quantitative estimate of drug-likeness (QED) is 0.372. The summed E-state index contributed by atoms with van der Waals surface area (Å²) in [4.78, 5) is 14.6. The van der Waals surface area contributed by atoms with Crippen LogP contribution in [0.4, 0.5) is 4.79 Å². The van der Waals surface area contributed by atoms with Gasteiger partial charge in [-0.2, -0.15) is 0 Å². The van der Waals surface area contributed by atoms with Gasteiger partial charge in [-0.25, -0.2) is 4.79 Å². The number of ether oxygens (including phenoxy) is 1. The van der Waals surface area contributed by atoms with Gasteiger partial charge in [0, 0.05) is 30.2 Å². The molecule has 1 amide bonds. The fourth-order valence-corrected chi connectivity index (χ4v) is 3.92. The Bertz CT molecular complexity index is 1010. The molecule has 3 aromatic carbocycles. The van der Waals surface area contributed by atoms with Gasteiger partial charge in [0.1, 0.15) is 5.75 Å². The zero-order chi connectivity index (χ0) is 23.8. The van der Waals surface area contributed by atoms with E-state index in [9.17, 15) is 4.79 Å². The van der Waals surface area contributed by atoms with Gasteiger partial charge in [-0.05, 0) is 80.6 Å². The SMILES string of the molecule is CC(C)N(Cc1ccc(CCNC(=O)Oc2ccc(-c3ccc(Cl)cc3)cc2)cc1)C(C)C. The smallest absolute Gasteiger partial charge is 0.410 e. The standard InChI is InChI=1S/C28H33ClN2O2/c1-20(2)31(21(3)4)19-23-7-5-22(6-8-23)17-18-30-28(32)33-27-15-11-25(12-16-27)24-9-13-26(29)14-10-24/h5-16,20-21H,17-19H2,1-4H3,(H,30,32). The van der Waals surface area contributed by atoms with E-state index in [0.29, 0.717) is 29.4 Å². The Kier molecular flexibility index (Phi) is 8.93. The summed E-state index contributed by atoms with van der Waals surface area (Å²) in [6, 6.07) is 24.7. The number of rotatable bonds is 9. The van der Waals surface area contributed by atoms with Crippen molar-refractivity contribution in [2.75, 3.05) is 6.54 Å². The zero-order valence-electron chi connectivity index (χ0n) is 19.8. The van der Waals surface area contributed by atoms with Gasteiger partial charge in [-0.1, -0.05) is 60.1 Å². The number of nitrogens with zero attached hydrogens (tertiary/aromatic N) is 1. The zero-order valence-corrected chi connectivity index (χ0v) is 20.6. The van der Waals surface area contributed by atoms with Crippen LogP contribution in [0.25, 0.3) is 11.1 Å². The van der Waals surface area contributed by atoms with Crippen LogP contribution in [-0.4, -0.2) is 29.6 Å². The molecule has 0 atom stereocenters. The molecule has 0 heterocycles. The van der Waals surface area contributed by atoms with Crippen molar-refractivity contribution in [2.45, 2.75) is 52.7 Å². The van der Waals surface area contributed by atoms with E-state index in [1.807, 2.05) is 36.4 Å². The number of carbonyl (C=O) groups excluding carboxylic acids is 1. The first-order chi connectivity index (χ1) is 15.8. The van der Waals surface area contributed by atoms with Crippen molar-refractivity contribution in [3.8, 4) is 16.9 Å². The molecular formula is C28H33ClN2O2. The topological polar surface area (TPSA) is 41.6 Å². The first-order valence-corrected chi connectivity index (χ1v) is 11.8. The second-order valence-electron chi connectivity index (χ2n) is 8.77. The summed E-state index contributed by atoms with van der Waals surface area (Å²) in [5.41, 5.74) is 4.58. The Morgan fingerprint density at radius 2 is 1.33 bits per heavy atom. The third-order valence-corrected chi connectivity index (χ3v) is 5.89. The summed E-state index contributed by atoms with van der Waals surface area (Å²) in [5.74, 6) is 0.509. The van der Waals surface area contributed by atoms with E-state index >= 15 is 0 Å². The monoisotopic (exact) mass is 464 g/mol. The first-order valence-electron chi connectivity index (χ1n) is 11.5. The van der Waals surface area contributed by atoms with Crippen molar-refractivity contribution >= 4 is 17.7 Å². The second kappa shape index (κ2) is 11.9. The molecule has 0 saturated carbocycles. The Hall–Kier alpha value is -2.82. The van der Waals surface area contributed by atoms with Crippen LogP contribution in [-0.2, 0) is 13.0 Å². The van der Waals surface area contributed by atoms with Gasteiger partial charge in [-0.15, -0.1) is 0 Å². The van der Waals surface area contributed by atoms with Gasteiger partial charge >= 0.3 is 6.09 Å². The lowest BCUT2D eigenvalue weighted by atomic mass is 10.1. The van der Waals surface area contributed by atoms with E-state index in [0.717, 1.165) is 24.1 Å². The van der Waals surface area contributed by atoms with Crippen LogP contribution >= 0.6 is 11.6 Å². The fourth-order valence-electron chi connectivity index (χ4n) is 3.79. The van der Waals surface area contributed by atoms with Gasteiger partial charge in [0.05, 0.1) is 0 Å². The summed E-state index contributed by atoms with van der Waals surface area (Å²) in [7, 11) is 0. The molecule has 0 unspecified atom stereocenters. The highest BCUT2D eigenvalue weighted by Crippen LogP contribution is 2.24. The average Bonchev–Trinajstić information content (AvgIpc) is 2.79. The Balaban J connectivity index is 1.44. The highest BCUT2D eigenvalue weighted by Gasteiger charge is 2.13. The second-order valence-corrected chi connectivity index (χ2v) is 9.21. The predicted octanol–water partition coefficient (Wildman–Crippen LogP) is 6.96. The van der Waals surface area contributed by atoms with Crippen molar-refractivity contribution < 1.29 is 9.53 Å². The minimum absolute atomic E-state index is 0.449. The van der Waals surface area contributed by atoms with Crippen molar-refractivity contribution in [1.82, 2.24) is 10.2 Å². The molecule has 4 nitrogen and oxygen atoms in total.